The molecule has 6 nitrogen and oxygen atoms in total. The molecule has 0 unspecified atom stereocenters. The standard InChI is InChI=1S/C20H21ClN2O4S/c1-22(2)8-4-9-23-17(15-5-3-10-28-15)16(19(26)20(23)27)18(25)13-11-12(21)6-7-14(13)24/h3,5-7,10-11,17,24-25H,4,8-9H2,1-2H3/t17-/m0/s1. The van der Waals surface area contributed by atoms with Crippen molar-refractivity contribution in [3.8, 4) is 5.75 Å². The average molecular weight is 421 g/mol. The lowest BCUT2D eigenvalue weighted by Crippen LogP contribution is -2.32. The van der Waals surface area contributed by atoms with Gasteiger partial charge < -0.3 is 20.0 Å². The van der Waals surface area contributed by atoms with Crippen LogP contribution in [0.25, 0.3) is 5.76 Å². The van der Waals surface area contributed by atoms with Crippen LogP contribution in [0.2, 0.25) is 5.02 Å². The predicted molar refractivity (Wildman–Crippen MR) is 110 cm³/mol. The molecule has 1 aliphatic heterocycles. The molecular weight excluding hydrogens is 400 g/mol. The van der Waals surface area contributed by atoms with Gasteiger partial charge in [-0.3, -0.25) is 9.59 Å². The molecule has 1 amide bonds. The van der Waals surface area contributed by atoms with Gasteiger partial charge in [0.25, 0.3) is 11.7 Å². The number of nitrogens with zero attached hydrogens (tertiary/aromatic N) is 2. The van der Waals surface area contributed by atoms with E-state index < -0.39 is 23.5 Å². The Morgan fingerprint density at radius 1 is 1.29 bits per heavy atom. The number of phenolic OH excluding ortho intramolecular Hbond substituents is 1. The SMILES string of the molecule is CN(C)CCCN1C(=O)C(=O)C(=C(O)c2cc(Cl)ccc2O)[C@@H]1c1cccs1. The lowest BCUT2D eigenvalue weighted by molar-refractivity contribution is -0.139. The third-order valence-corrected chi connectivity index (χ3v) is 5.73. The summed E-state index contributed by atoms with van der Waals surface area (Å²) in [4.78, 5) is 29.8. The zero-order chi connectivity index (χ0) is 20.4. The van der Waals surface area contributed by atoms with Crippen LogP contribution in [0.1, 0.15) is 22.9 Å². The molecule has 2 heterocycles. The summed E-state index contributed by atoms with van der Waals surface area (Å²) in [7, 11) is 3.87. The van der Waals surface area contributed by atoms with E-state index in [4.69, 9.17) is 11.6 Å². The van der Waals surface area contributed by atoms with Crippen molar-refractivity contribution >= 4 is 40.4 Å². The summed E-state index contributed by atoms with van der Waals surface area (Å²) in [5, 5.41) is 23.2. The van der Waals surface area contributed by atoms with Gasteiger partial charge >= 0.3 is 0 Å². The fourth-order valence-corrected chi connectivity index (χ4v) is 4.27. The lowest BCUT2D eigenvalue weighted by atomic mass is 9.99. The van der Waals surface area contributed by atoms with Crippen LogP contribution in [-0.2, 0) is 9.59 Å². The Labute approximate surface area is 172 Å². The average Bonchev–Trinajstić information content (AvgIpc) is 3.25. The first-order valence-corrected chi connectivity index (χ1v) is 10.0. The van der Waals surface area contributed by atoms with E-state index in [1.807, 2.05) is 36.5 Å². The van der Waals surface area contributed by atoms with Gasteiger partial charge in [-0.2, -0.15) is 0 Å². The van der Waals surface area contributed by atoms with Gasteiger partial charge in [-0.1, -0.05) is 17.7 Å². The van der Waals surface area contributed by atoms with E-state index in [2.05, 4.69) is 0 Å². The molecule has 2 N–H and O–H groups in total. The van der Waals surface area contributed by atoms with E-state index in [1.54, 1.807) is 0 Å². The van der Waals surface area contributed by atoms with Crippen molar-refractivity contribution in [3.63, 3.8) is 0 Å². The van der Waals surface area contributed by atoms with Crippen molar-refractivity contribution in [2.75, 3.05) is 27.2 Å². The summed E-state index contributed by atoms with van der Waals surface area (Å²) in [5.74, 6) is -2.06. The number of ketones is 1. The number of Topliss-reactive ketones (excluding diaryl/α,β-unsaturated/α-hetero) is 1. The quantitative estimate of drug-likeness (QED) is 0.425. The van der Waals surface area contributed by atoms with E-state index in [-0.39, 0.29) is 16.9 Å². The van der Waals surface area contributed by atoms with Crippen molar-refractivity contribution < 1.29 is 19.8 Å². The van der Waals surface area contributed by atoms with Crippen LogP contribution < -0.4 is 0 Å². The highest BCUT2D eigenvalue weighted by atomic mass is 35.5. The number of hydrogen-bond donors (Lipinski definition) is 2. The van der Waals surface area contributed by atoms with Gasteiger partial charge in [0.05, 0.1) is 17.2 Å². The number of thiophene rings is 1. The maximum atomic E-state index is 12.8. The normalized spacial score (nSPS) is 19.0. The molecule has 1 fully saturated rings. The van der Waals surface area contributed by atoms with Crippen LogP contribution in [0.3, 0.4) is 0 Å². The Hall–Kier alpha value is -2.35. The van der Waals surface area contributed by atoms with Crippen molar-refractivity contribution in [3.05, 3.63) is 56.7 Å². The largest absolute Gasteiger partial charge is 0.507 e. The molecule has 0 aliphatic carbocycles. The zero-order valence-corrected chi connectivity index (χ0v) is 17.1. The Morgan fingerprint density at radius 3 is 2.68 bits per heavy atom. The summed E-state index contributed by atoms with van der Waals surface area (Å²) in [6.45, 7) is 1.14. The molecule has 1 saturated heterocycles. The molecule has 1 aromatic heterocycles. The first-order chi connectivity index (χ1) is 13.3. The van der Waals surface area contributed by atoms with Gasteiger partial charge in [0.15, 0.2) is 0 Å². The molecular formula is C20H21ClN2O4S. The monoisotopic (exact) mass is 420 g/mol. The number of carbonyl (C=O) groups excluding carboxylic acids is 2. The zero-order valence-electron chi connectivity index (χ0n) is 15.6. The van der Waals surface area contributed by atoms with Crippen LogP contribution in [0.15, 0.2) is 41.3 Å². The fraction of sp³-hybridized carbons (Fsp3) is 0.300. The van der Waals surface area contributed by atoms with E-state index in [0.717, 1.165) is 11.4 Å². The number of benzene rings is 1. The third kappa shape index (κ3) is 3.92. The molecule has 1 atom stereocenters. The molecule has 0 saturated carbocycles. The maximum absolute atomic E-state index is 12.8. The van der Waals surface area contributed by atoms with Crippen molar-refractivity contribution in [2.45, 2.75) is 12.5 Å². The van der Waals surface area contributed by atoms with Gasteiger partial charge in [-0.05, 0) is 56.7 Å². The molecule has 148 valence electrons. The number of carbonyl (C=O) groups is 2. The van der Waals surface area contributed by atoms with Gasteiger partial charge in [-0.25, -0.2) is 0 Å². The molecule has 28 heavy (non-hydrogen) atoms. The van der Waals surface area contributed by atoms with Crippen molar-refractivity contribution in [1.82, 2.24) is 9.80 Å². The summed E-state index contributed by atoms with van der Waals surface area (Å²) in [5.41, 5.74) is -0.00443. The highest BCUT2D eigenvalue weighted by Gasteiger charge is 2.46. The number of halogens is 1. The molecule has 2 aromatic rings. The molecule has 3 rings (SSSR count). The second-order valence-electron chi connectivity index (χ2n) is 6.83. The number of likely N-dealkylation sites (tertiary alicyclic amines) is 1. The Bertz CT molecular complexity index is 924. The Balaban J connectivity index is 2.09. The number of aliphatic hydroxyl groups is 1. The van der Waals surface area contributed by atoms with E-state index in [0.29, 0.717) is 18.0 Å². The Morgan fingerprint density at radius 2 is 2.04 bits per heavy atom. The minimum atomic E-state index is -0.764. The topological polar surface area (TPSA) is 81.1 Å². The fourth-order valence-electron chi connectivity index (χ4n) is 3.25. The first kappa shape index (κ1) is 20.4. The van der Waals surface area contributed by atoms with Crippen LogP contribution >= 0.6 is 22.9 Å². The van der Waals surface area contributed by atoms with Crippen molar-refractivity contribution in [2.24, 2.45) is 0 Å². The van der Waals surface area contributed by atoms with Gasteiger partial charge in [0.2, 0.25) is 0 Å². The number of phenols is 1. The second-order valence-corrected chi connectivity index (χ2v) is 8.24. The van der Waals surface area contributed by atoms with Gasteiger partial charge in [0.1, 0.15) is 11.5 Å². The highest BCUT2D eigenvalue weighted by Crippen LogP contribution is 2.42. The van der Waals surface area contributed by atoms with Crippen LogP contribution in [0.5, 0.6) is 5.75 Å². The summed E-state index contributed by atoms with van der Waals surface area (Å²) in [6, 6.07) is 7.15. The molecule has 0 radical (unpaired) electrons. The van der Waals surface area contributed by atoms with Crippen LogP contribution in [0, 0.1) is 0 Å². The summed E-state index contributed by atoms with van der Waals surface area (Å²) < 4.78 is 0. The smallest absolute Gasteiger partial charge is 0.295 e. The number of amides is 1. The van der Waals surface area contributed by atoms with Gasteiger partial charge in [0, 0.05) is 16.4 Å². The van der Waals surface area contributed by atoms with E-state index in [9.17, 15) is 19.8 Å². The van der Waals surface area contributed by atoms with Crippen molar-refractivity contribution in [1.29, 1.82) is 0 Å². The minimum absolute atomic E-state index is 0.0281. The van der Waals surface area contributed by atoms with E-state index >= 15 is 0 Å². The molecule has 8 heteroatoms. The number of rotatable bonds is 6. The van der Waals surface area contributed by atoms with Crippen LogP contribution in [0.4, 0.5) is 0 Å². The third-order valence-electron chi connectivity index (χ3n) is 4.57. The molecule has 1 aromatic carbocycles. The Kier molecular flexibility index (Phi) is 6.07. The summed E-state index contributed by atoms with van der Waals surface area (Å²) >= 11 is 7.39. The predicted octanol–water partition coefficient (Wildman–Crippen LogP) is 3.48. The van der Waals surface area contributed by atoms with Gasteiger partial charge in [-0.15, -0.1) is 11.3 Å². The molecule has 0 bridgehead atoms. The lowest BCUT2D eigenvalue weighted by Gasteiger charge is -2.24. The highest BCUT2D eigenvalue weighted by molar-refractivity contribution is 7.10. The summed E-state index contributed by atoms with van der Waals surface area (Å²) in [6.07, 6.45) is 0.685. The molecule has 0 spiro atoms. The second kappa shape index (κ2) is 8.34. The molecule has 1 aliphatic rings. The minimum Gasteiger partial charge on any atom is -0.507 e. The van der Waals surface area contributed by atoms with E-state index in [1.165, 1.54) is 34.4 Å². The number of hydrogen-bond acceptors (Lipinski definition) is 6. The maximum Gasteiger partial charge on any atom is 0.295 e. The number of aliphatic hydroxyl groups excluding tert-OH is 1. The first-order valence-electron chi connectivity index (χ1n) is 8.76. The number of aromatic hydroxyl groups is 1. The van der Waals surface area contributed by atoms with Crippen LogP contribution in [-0.4, -0.2) is 58.9 Å².